The standard InChI is InChI=1S/C24H17ClF3N3O4/c25-17-3-1-2-4-19(17)30-20(12-21(29)24(26,27)28)13-5-7-14(8-6-13)22(33)31-18-10-9-15(32)11-16(18)23(34)35/h1-12,32H,29H2,(H,31,33)(H,34,35)/b21-12-,30-20?. The van der Waals surface area contributed by atoms with Crippen molar-refractivity contribution in [2.75, 3.05) is 5.32 Å². The van der Waals surface area contributed by atoms with Gasteiger partial charge in [0.05, 0.1) is 27.7 Å². The molecular formula is C24H17ClF3N3O4. The molecule has 1 amide bonds. The first-order chi connectivity index (χ1) is 16.5. The van der Waals surface area contributed by atoms with Crippen molar-refractivity contribution < 1.29 is 33.0 Å². The minimum atomic E-state index is -4.78. The summed E-state index contributed by atoms with van der Waals surface area (Å²) in [5.74, 6) is -2.33. The number of halogens is 4. The Labute approximate surface area is 202 Å². The Morgan fingerprint density at radius 3 is 2.23 bits per heavy atom. The smallest absolute Gasteiger partial charge is 0.430 e. The summed E-state index contributed by atoms with van der Waals surface area (Å²) in [6.45, 7) is 0. The molecule has 0 aromatic heterocycles. The highest BCUT2D eigenvalue weighted by Crippen LogP contribution is 2.27. The molecule has 0 aliphatic carbocycles. The summed E-state index contributed by atoms with van der Waals surface area (Å²) in [4.78, 5) is 28.2. The summed E-state index contributed by atoms with van der Waals surface area (Å²) >= 11 is 6.08. The molecule has 0 aliphatic heterocycles. The maximum absolute atomic E-state index is 13.0. The van der Waals surface area contributed by atoms with Crippen molar-refractivity contribution >= 4 is 40.6 Å². The van der Waals surface area contributed by atoms with E-state index in [1.54, 1.807) is 12.1 Å². The van der Waals surface area contributed by atoms with Crippen LogP contribution in [0.2, 0.25) is 5.02 Å². The number of carbonyl (C=O) groups is 2. The molecule has 0 bridgehead atoms. The summed E-state index contributed by atoms with van der Waals surface area (Å²) in [7, 11) is 0. The molecule has 0 heterocycles. The van der Waals surface area contributed by atoms with Gasteiger partial charge in [-0.3, -0.25) is 4.79 Å². The number of hydrogen-bond donors (Lipinski definition) is 4. The van der Waals surface area contributed by atoms with E-state index in [1.165, 1.54) is 48.5 Å². The average molecular weight is 504 g/mol. The highest BCUT2D eigenvalue weighted by atomic mass is 35.5. The average Bonchev–Trinajstić information content (AvgIpc) is 2.80. The predicted molar refractivity (Wildman–Crippen MR) is 125 cm³/mol. The lowest BCUT2D eigenvalue weighted by atomic mass is 10.1. The number of phenols is 1. The van der Waals surface area contributed by atoms with Crippen LogP contribution in [0, 0.1) is 0 Å². The van der Waals surface area contributed by atoms with E-state index in [1.807, 2.05) is 0 Å². The van der Waals surface area contributed by atoms with Gasteiger partial charge in [-0.15, -0.1) is 0 Å². The lowest BCUT2D eigenvalue weighted by molar-refractivity contribution is -0.0925. The van der Waals surface area contributed by atoms with Crippen LogP contribution in [0.5, 0.6) is 5.75 Å². The predicted octanol–water partition coefficient (Wildman–Crippen LogP) is 5.52. The molecule has 0 aliphatic rings. The van der Waals surface area contributed by atoms with Gasteiger partial charge in [0.2, 0.25) is 0 Å². The highest BCUT2D eigenvalue weighted by molar-refractivity contribution is 6.33. The SMILES string of the molecule is N/C(=C\C(=Nc1ccccc1Cl)c1ccc(C(=O)Nc2ccc(O)cc2C(=O)O)cc1)C(F)(F)F. The number of nitrogens with zero attached hydrogens (tertiary/aromatic N) is 1. The molecule has 0 unspecified atom stereocenters. The number of allylic oxidation sites excluding steroid dienone is 2. The molecule has 0 spiro atoms. The van der Waals surface area contributed by atoms with Crippen LogP contribution in [0.3, 0.4) is 0 Å². The Hall–Kier alpha value is -4.31. The van der Waals surface area contributed by atoms with Gasteiger partial charge in [-0.2, -0.15) is 13.2 Å². The van der Waals surface area contributed by atoms with Gasteiger partial charge in [-0.25, -0.2) is 9.79 Å². The molecule has 3 rings (SSSR count). The fourth-order valence-electron chi connectivity index (χ4n) is 2.89. The zero-order valence-electron chi connectivity index (χ0n) is 17.7. The molecule has 0 fully saturated rings. The molecule has 0 radical (unpaired) electrons. The Morgan fingerprint density at radius 2 is 1.63 bits per heavy atom. The second-order valence-electron chi connectivity index (χ2n) is 7.11. The van der Waals surface area contributed by atoms with Gasteiger partial charge in [-0.1, -0.05) is 35.9 Å². The quantitative estimate of drug-likeness (QED) is 0.260. The number of hydrogen-bond acceptors (Lipinski definition) is 5. The van der Waals surface area contributed by atoms with E-state index in [0.717, 1.165) is 6.07 Å². The molecule has 180 valence electrons. The van der Waals surface area contributed by atoms with E-state index in [2.05, 4.69) is 10.3 Å². The number of para-hydroxylation sites is 1. The van der Waals surface area contributed by atoms with Crippen molar-refractivity contribution in [3.05, 3.63) is 100 Å². The molecule has 3 aromatic rings. The number of carboxylic acid groups (broad SMARTS) is 1. The second-order valence-corrected chi connectivity index (χ2v) is 7.52. The van der Waals surface area contributed by atoms with Crippen LogP contribution in [0.15, 0.2) is 83.5 Å². The molecule has 0 atom stereocenters. The third kappa shape index (κ3) is 6.39. The maximum atomic E-state index is 13.0. The molecule has 0 saturated carbocycles. The van der Waals surface area contributed by atoms with Crippen LogP contribution in [-0.2, 0) is 0 Å². The topological polar surface area (TPSA) is 125 Å². The van der Waals surface area contributed by atoms with Crippen LogP contribution in [0.25, 0.3) is 0 Å². The van der Waals surface area contributed by atoms with Gasteiger partial charge in [0.1, 0.15) is 11.4 Å². The van der Waals surface area contributed by atoms with Gasteiger partial charge in [0, 0.05) is 11.1 Å². The zero-order chi connectivity index (χ0) is 25.8. The number of phenolic OH excluding ortho intramolecular Hbond substituents is 1. The summed E-state index contributed by atoms with van der Waals surface area (Å²) in [5, 5.41) is 21.4. The van der Waals surface area contributed by atoms with Gasteiger partial charge >= 0.3 is 12.1 Å². The van der Waals surface area contributed by atoms with Crippen molar-refractivity contribution in [3.63, 3.8) is 0 Å². The van der Waals surface area contributed by atoms with Crippen LogP contribution < -0.4 is 11.1 Å². The van der Waals surface area contributed by atoms with E-state index in [4.69, 9.17) is 17.3 Å². The number of amides is 1. The Kier molecular flexibility index (Phi) is 7.46. The van der Waals surface area contributed by atoms with Crippen molar-refractivity contribution in [1.29, 1.82) is 0 Å². The molecule has 11 heteroatoms. The molecule has 3 aromatic carbocycles. The van der Waals surface area contributed by atoms with E-state index in [0.29, 0.717) is 6.08 Å². The maximum Gasteiger partial charge on any atom is 0.430 e. The third-order valence-corrected chi connectivity index (χ3v) is 4.96. The summed E-state index contributed by atoms with van der Waals surface area (Å²) < 4.78 is 39.1. The van der Waals surface area contributed by atoms with Crippen molar-refractivity contribution in [1.82, 2.24) is 0 Å². The zero-order valence-corrected chi connectivity index (χ0v) is 18.4. The Morgan fingerprint density at radius 1 is 1.00 bits per heavy atom. The number of anilines is 1. The Balaban J connectivity index is 1.95. The minimum Gasteiger partial charge on any atom is -0.508 e. The lowest BCUT2D eigenvalue weighted by Crippen LogP contribution is -2.21. The van der Waals surface area contributed by atoms with Crippen LogP contribution in [0.4, 0.5) is 24.5 Å². The number of nitrogens with one attached hydrogen (secondary N) is 1. The van der Waals surface area contributed by atoms with Gasteiger partial charge in [0.25, 0.3) is 5.91 Å². The lowest BCUT2D eigenvalue weighted by Gasteiger charge is -2.11. The number of rotatable bonds is 6. The number of nitrogens with two attached hydrogens (primary N) is 1. The first-order valence-electron chi connectivity index (χ1n) is 9.81. The van der Waals surface area contributed by atoms with E-state index in [9.17, 15) is 33.0 Å². The number of carbonyl (C=O) groups excluding carboxylic acids is 1. The first kappa shape index (κ1) is 25.3. The van der Waals surface area contributed by atoms with Crippen LogP contribution in [-0.4, -0.2) is 34.0 Å². The minimum absolute atomic E-state index is 0.0498. The molecule has 0 saturated heterocycles. The normalized spacial score (nSPS) is 12.3. The molecular weight excluding hydrogens is 487 g/mol. The Bertz CT molecular complexity index is 1340. The summed E-state index contributed by atoms with van der Waals surface area (Å²) in [6, 6.07) is 15.1. The van der Waals surface area contributed by atoms with E-state index in [-0.39, 0.29) is 44.5 Å². The number of aromatic hydroxyl groups is 1. The van der Waals surface area contributed by atoms with Gasteiger partial charge < -0.3 is 21.3 Å². The molecule has 35 heavy (non-hydrogen) atoms. The fraction of sp³-hybridized carbons (Fsp3) is 0.0417. The van der Waals surface area contributed by atoms with E-state index < -0.39 is 23.7 Å². The van der Waals surface area contributed by atoms with E-state index >= 15 is 0 Å². The van der Waals surface area contributed by atoms with Crippen molar-refractivity contribution in [2.45, 2.75) is 6.18 Å². The molecule has 5 N–H and O–H groups in total. The van der Waals surface area contributed by atoms with Crippen molar-refractivity contribution in [3.8, 4) is 5.75 Å². The van der Waals surface area contributed by atoms with Crippen LogP contribution >= 0.6 is 11.6 Å². The summed E-state index contributed by atoms with van der Waals surface area (Å²) in [6.07, 6.45) is -4.12. The van der Waals surface area contributed by atoms with Crippen molar-refractivity contribution in [2.24, 2.45) is 10.7 Å². The molecule has 7 nitrogen and oxygen atoms in total. The number of aromatic carboxylic acids is 1. The highest BCUT2D eigenvalue weighted by Gasteiger charge is 2.31. The number of carboxylic acids is 1. The number of aliphatic imine (C=N–C) groups is 1. The van der Waals surface area contributed by atoms with Gasteiger partial charge in [-0.05, 0) is 48.5 Å². The largest absolute Gasteiger partial charge is 0.508 e. The third-order valence-electron chi connectivity index (χ3n) is 4.64. The number of benzene rings is 3. The fourth-order valence-corrected chi connectivity index (χ4v) is 3.06. The van der Waals surface area contributed by atoms with Crippen LogP contribution in [0.1, 0.15) is 26.3 Å². The van der Waals surface area contributed by atoms with Gasteiger partial charge in [0.15, 0.2) is 0 Å². The monoisotopic (exact) mass is 503 g/mol. The number of alkyl halides is 3. The summed E-state index contributed by atoms with van der Waals surface area (Å²) in [5.41, 5.74) is 3.80. The second kappa shape index (κ2) is 10.3. The first-order valence-corrected chi connectivity index (χ1v) is 10.2.